The second-order valence-corrected chi connectivity index (χ2v) is 9.95. The number of unbranched alkanes of at least 4 members (excludes halogenated alkanes) is 2. The topological polar surface area (TPSA) is 65.5 Å². The van der Waals surface area contributed by atoms with Gasteiger partial charge < -0.3 is 15.3 Å². The normalized spacial score (nSPS) is 14.9. The number of thiazole rings is 1. The molecular formula is C26H29ClFN3O2S. The second-order valence-electron chi connectivity index (χ2n) is 8.62. The molecule has 5 nitrogen and oxygen atoms in total. The van der Waals surface area contributed by atoms with Crippen LogP contribution >= 0.6 is 22.9 Å². The van der Waals surface area contributed by atoms with Crippen molar-refractivity contribution in [3.63, 3.8) is 0 Å². The SMILES string of the molecule is O=C(Nc1ccc(F)cc1-c1ccc(Cl)cc1)c1csc(C2CCN(CCCCCO)CC2)n1. The van der Waals surface area contributed by atoms with Crippen LogP contribution < -0.4 is 5.32 Å². The van der Waals surface area contributed by atoms with Gasteiger partial charge in [-0.05, 0) is 87.6 Å². The summed E-state index contributed by atoms with van der Waals surface area (Å²) < 4.78 is 13.9. The van der Waals surface area contributed by atoms with Gasteiger partial charge in [0.05, 0.1) is 5.01 Å². The predicted molar refractivity (Wildman–Crippen MR) is 136 cm³/mol. The highest BCUT2D eigenvalue weighted by Crippen LogP contribution is 2.32. The molecule has 8 heteroatoms. The summed E-state index contributed by atoms with van der Waals surface area (Å²) in [5.41, 5.74) is 2.27. The van der Waals surface area contributed by atoms with E-state index in [1.54, 1.807) is 35.7 Å². The van der Waals surface area contributed by atoms with Gasteiger partial charge in [-0.2, -0.15) is 0 Å². The molecule has 0 aliphatic carbocycles. The number of hydrogen-bond acceptors (Lipinski definition) is 5. The number of nitrogens with zero attached hydrogens (tertiary/aromatic N) is 2. The number of piperidine rings is 1. The van der Waals surface area contributed by atoms with E-state index in [0.29, 0.717) is 27.9 Å². The number of likely N-dealkylation sites (tertiary alicyclic amines) is 1. The van der Waals surface area contributed by atoms with E-state index in [1.807, 2.05) is 0 Å². The number of aliphatic hydroxyl groups is 1. The number of amides is 1. The standard InChI is InChI=1S/C26H29ClFN3O2S/c27-20-6-4-18(5-7-20)22-16-21(28)8-9-23(22)29-25(33)24-17-34-26(30-24)19-10-13-31(14-11-19)12-2-1-3-15-32/h4-9,16-17,19,32H,1-3,10-15H2,(H,29,33). The zero-order valence-corrected chi connectivity index (χ0v) is 20.5. The molecule has 4 rings (SSSR count). The summed E-state index contributed by atoms with van der Waals surface area (Å²) in [4.78, 5) is 20.1. The van der Waals surface area contributed by atoms with Crippen molar-refractivity contribution in [2.45, 2.75) is 38.0 Å². The Labute approximate surface area is 208 Å². The number of nitrogens with one attached hydrogen (secondary N) is 1. The first-order valence-corrected chi connectivity index (χ1v) is 12.9. The lowest BCUT2D eigenvalue weighted by molar-refractivity contribution is 0.102. The van der Waals surface area contributed by atoms with E-state index < -0.39 is 0 Å². The summed E-state index contributed by atoms with van der Waals surface area (Å²) in [6, 6.07) is 11.4. The first kappa shape index (κ1) is 24.8. The lowest BCUT2D eigenvalue weighted by Crippen LogP contribution is -2.33. The number of aliphatic hydroxyl groups excluding tert-OH is 1. The van der Waals surface area contributed by atoms with Gasteiger partial charge in [-0.15, -0.1) is 11.3 Å². The fourth-order valence-corrected chi connectivity index (χ4v) is 5.38. The van der Waals surface area contributed by atoms with E-state index in [0.717, 1.165) is 62.3 Å². The second kappa shape index (κ2) is 11.9. The quantitative estimate of drug-likeness (QED) is 0.343. The van der Waals surface area contributed by atoms with Gasteiger partial charge in [-0.1, -0.05) is 23.7 Å². The molecule has 0 atom stereocenters. The highest BCUT2D eigenvalue weighted by atomic mass is 35.5. The van der Waals surface area contributed by atoms with Crippen LogP contribution in [0.3, 0.4) is 0 Å². The molecule has 0 bridgehead atoms. The van der Waals surface area contributed by atoms with Crippen LogP contribution in [0.4, 0.5) is 10.1 Å². The largest absolute Gasteiger partial charge is 0.396 e. The van der Waals surface area contributed by atoms with Crippen molar-refractivity contribution in [3.8, 4) is 11.1 Å². The van der Waals surface area contributed by atoms with Crippen molar-refractivity contribution in [2.75, 3.05) is 31.6 Å². The Hall–Kier alpha value is -2.32. The van der Waals surface area contributed by atoms with Crippen molar-refractivity contribution >= 4 is 34.5 Å². The van der Waals surface area contributed by atoms with Gasteiger partial charge in [0.2, 0.25) is 0 Å². The Morgan fingerprint density at radius 1 is 1.15 bits per heavy atom. The fourth-order valence-electron chi connectivity index (χ4n) is 4.29. The first-order valence-electron chi connectivity index (χ1n) is 11.7. The highest BCUT2D eigenvalue weighted by molar-refractivity contribution is 7.10. The van der Waals surface area contributed by atoms with Crippen molar-refractivity contribution < 1.29 is 14.3 Å². The van der Waals surface area contributed by atoms with Crippen molar-refractivity contribution in [3.05, 3.63) is 69.4 Å². The average Bonchev–Trinajstić information content (AvgIpc) is 3.34. The highest BCUT2D eigenvalue weighted by Gasteiger charge is 2.24. The van der Waals surface area contributed by atoms with Gasteiger partial charge in [-0.3, -0.25) is 4.79 Å². The monoisotopic (exact) mass is 501 g/mol. The van der Waals surface area contributed by atoms with Crippen LogP contribution in [0.2, 0.25) is 5.02 Å². The zero-order valence-electron chi connectivity index (χ0n) is 19.0. The molecule has 2 aromatic carbocycles. The third-order valence-electron chi connectivity index (χ3n) is 6.21. The molecule has 180 valence electrons. The van der Waals surface area contributed by atoms with Gasteiger partial charge >= 0.3 is 0 Å². The minimum atomic E-state index is -0.376. The number of aromatic nitrogens is 1. The molecule has 1 fully saturated rings. The van der Waals surface area contributed by atoms with E-state index in [1.165, 1.54) is 23.5 Å². The van der Waals surface area contributed by atoms with Crippen LogP contribution in [-0.2, 0) is 0 Å². The van der Waals surface area contributed by atoms with Gasteiger partial charge in [0, 0.05) is 34.2 Å². The maximum atomic E-state index is 13.9. The summed E-state index contributed by atoms with van der Waals surface area (Å²) in [5, 5.41) is 15.2. The van der Waals surface area contributed by atoms with E-state index in [9.17, 15) is 9.18 Å². The van der Waals surface area contributed by atoms with E-state index in [4.69, 9.17) is 16.7 Å². The molecule has 0 saturated carbocycles. The van der Waals surface area contributed by atoms with Crippen molar-refractivity contribution in [1.82, 2.24) is 9.88 Å². The smallest absolute Gasteiger partial charge is 0.275 e. The number of hydrogen-bond donors (Lipinski definition) is 2. The summed E-state index contributed by atoms with van der Waals surface area (Å²) in [6.07, 6.45) is 5.13. The molecule has 0 spiro atoms. The summed E-state index contributed by atoms with van der Waals surface area (Å²) in [7, 11) is 0. The van der Waals surface area contributed by atoms with Crippen molar-refractivity contribution in [2.24, 2.45) is 0 Å². The predicted octanol–water partition coefficient (Wildman–Crippen LogP) is 6.20. The number of halogens is 2. The van der Waals surface area contributed by atoms with E-state index in [-0.39, 0.29) is 18.3 Å². The zero-order chi connectivity index (χ0) is 23.9. The maximum Gasteiger partial charge on any atom is 0.275 e. The van der Waals surface area contributed by atoms with Gasteiger partial charge in [0.25, 0.3) is 5.91 Å². The third-order valence-corrected chi connectivity index (χ3v) is 7.47. The molecule has 0 unspecified atom stereocenters. The minimum Gasteiger partial charge on any atom is -0.396 e. The Morgan fingerprint density at radius 3 is 2.65 bits per heavy atom. The van der Waals surface area contributed by atoms with E-state index >= 15 is 0 Å². The molecule has 3 aromatic rings. The van der Waals surface area contributed by atoms with Crippen LogP contribution in [0.1, 0.15) is 53.5 Å². The molecule has 2 heterocycles. The van der Waals surface area contributed by atoms with Crippen molar-refractivity contribution in [1.29, 1.82) is 0 Å². The van der Waals surface area contributed by atoms with Crippen LogP contribution in [0, 0.1) is 5.82 Å². The third kappa shape index (κ3) is 6.42. The Kier molecular flexibility index (Phi) is 8.67. The molecule has 1 aromatic heterocycles. The number of anilines is 1. The maximum absolute atomic E-state index is 13.9. The first-order chi connectivity index (χ1) is 16.5. The Balaban J connectivity index is 1.38. The summed E-state index contributed by atoms with van der Waals surface area (Å²) in [6.45, 7) is 3.41. The summed E-state index contributed by atoms with van der Waals surface area (Å²) in [5.74, 6) is -0.306. The molecular weight excluding hydrogens is 473 g/mol. The molecule has 1 saturated heterocycles. The average molecular weight is 502 g/mol. The Morgan fingerprint density at radius 2 is 1.91 bits per heavy atom. The molecule has 2 N–H and O–H groups in total. The van der Waals surface area contributed by atoms with Crippen LogP contribution in [-0.4, -0.2) is 47.1 Å². The van der Waals surface area contributed by atoms with Gasteiger partial charge in [0.1, 0.15) is 11.5 Å². The Bertz CT molecular complexity index is 1100. The fraction of sp³-hybridized carbons (Fsp3) is 0.385. The molecule has 34 heavy (non-hydrogen) atoms. The van der Waals surface area contributed by atoms with Crippen LogP contribution in [0.25, 0.3) is 11.1 Å². The minimum absolute atomic E-state index is 0.269. The van der Waals surface area contributed by atoms with E-state index in [2.05, 4.69) is 15.2 Å². The lowest BCUT2D eigenvalue weighted by atomic mass is 9.97. The molecule has 1 amide bonds. The number of rotatable bonds is 9. The number of benzene rings is 2. The number of carbonyl (C=O) groups excluding carboxylic acids is 1. The van der Waals surface area contributed by atoms with Gasteiger partial charge in [-0.25, -0.2) is 9.37 Å². The molecule has 0 radical (unpaired) electrons. The van der Waals surface area contributed by atoms with Crippen LogP contribution in [0.15, 0.2) is 47.8 Å². The summed E-state index contributed by atoms with van der Waals surface area (Å²) >= 11 is 7.51. The number of carbonyl (C=O) groups is 1. The molecule has 1 aliphatic rings. The molecule has 1 aliphatic heterocycles. The van der Waals surface area contributed by atoms with Gasteiger partial charge in [0.15, 0.2) is 0 Å². The van der Waals surface area contributed by atoms with Crippen LogP contribution in [0.5, 0.6) is 0 Å². The lowest BCUT2D eigenvalue weighted by Gasteiger charge is -2.31.